The van der Waals surface area contributed by atoms with Crippen LogP contribution in [0.2, 0.25) is 0 Å². The van der Waals surface area contributed by atoms with Gasteiger partial charge >= 0.3 is 6.09 Å². The van der Waals surface area contributed by atoms with Crippen molar-refractivity contribution in [2.45, 2.75) is 58.1 Å². The molecule has 1 saturated heterocycles. The molecule has 2 N–H and O–H groups in total. The number of hydrogen-bond acceptors (Lipinski definition) is 6. The van der Waals surface area contributed by atoms with E-state index in [-0.39, 0.29) is 17.7 Å². The molecule has 3 aliphatic rings. The van der Waals surface area contributed by atoms with Crippen LogP contribution in [0.5, 0.6) is 0 Å². The van der Waals surface area contributed by atoms with E-state index in [4.69, 9.17) is 10.5 Å². The zero-order valence-electron chi connectivity index (χ0n) is 21.7. The second-order valence-corrected chi connectivity index (χ2v) is 11.2. The molecule has 9 nitrogen and oxygen atoms in total. The van der Waals surface area contributed by atoms with Gasteiger partial charge in [-0.1, -0.05) is 18.2 Å². The maximum Gasteiger partial charge on any atom is 0.410 e. The summed E-state index contributed by atoms with van der Waals surface area (Å²) in [6, 6.07) is 6.70. The van der Waals surface area contributed by atoms with Crippen molar-refractivity contribution in [2.75, 3.05) is 31.1 Å². The number of anilines is 1. The van der Waals surface area contributed by atoms with Crippen molar-refractivity contribution < 1.29 is 9.53 Å². The third-order valence-corrected chi connectivity index (χ3v) is 7.53. The average molecular weight is 503 g/mol. The Labute approximate surface area is 215 Å². The fourth-order valence-electron chi connectivity index (χ4n) is 5.81. The molecule has 2 aromatic heterocycles. The molecule has 6 rings (SSSR count). The molecule has 3 aromatic rings. The molecular formula is C28H34N6O3. The first-order chi connectivity index (χ1) is 17.7. The summed E-state index contributed by atoms with van der Waals surface area (Å²) in [6.07, 6.45) is 9.44. The summed E-state index contributed by atoms with van der Waals surface area (Å²) in [4.78, 5) is 34.3. The molecule has 1 aromatic carbocycles. The Morgan fingerprint density at radius 1 is 1.08 bits per heavy atom. The predicted molar refractivity (Wildman–Crippen MR) is 145 cm³/mol. The molecule has 0 spiro atoms. The van der Waals surface area contributed by atoms with Crippen LogP contribution in [0.1, 0.15) is 57.3 Å². The number of amides is 1. The molecule has 0 unspecified atom stereocenters. The number of fused-ring (bicyclic) bond motifs is 5. The number of aryl methyl sites for hydroxylation is 1. The van der Waals surface area contributed by atoms with Crippen LogP contribution in [0.3, 0.4) is 0 Å². The van der Waals surface area contributed by atoms with Gasteiger partial charge in [0.1, 0.15) is 5.60 Å². The minimum absolute atomic E-state index is 0.216. The normalized spacial score (nSPS) is 18.5. The number of carbonyl (C=O) groups is 1. The lowest BCUT2D eigenvalue weighted by atomic mass is 10.0. The second-order valence-electron chi connectivity index (χ2n) is 11.2. The van der Waals surface area contributed by atoms with Gasteiger partial charge in [-0.05, 0) is 64.7 Å². The number of nitrogens with zero attached hydrogens (tertiary/aromatic N) is 5. The van der Waals surface area contributed by atoms with Crippen LogP contribution < -0.4 is 16.2 Å². The SMILES string of the molecule is CC(C)(C)OC(=O)N1CCN(c2ccc3c(c2)n(C2CC=CC2)c2nc(=O)c4c(n32)CCC=C4N)CC1. The lowest BCUT2D eigenvalue weighted by Gasteiger charge is -2.36. The number of benzene rings is 1. The molecule has 37 heavy (non-hydrogen) atoms. The van der Waals surface area contributed by atoms with Crippen LogP contribution >= 0.6 is 0 Å². The number of allylic oxidation sites excluding steroid dienone is 3. The molecule has 0 radical (unpaired) electrons. The van der Waals surface area contributed by atoms with Crippen molar-refractivity contribution >= 4 is 34.3 Å². The van der Waals surface area contributed by atoms with Gasteiger partial charge in [0.05, 0.1) is 16.6 Å². The maximum atomic E-state index is 13.1. The summed E-state index contributed by atoms with van der Waals surface area (Å²) >= 11 is 0. The number of ether oxygens (including phenoxy) is 1. The minimum atomic E-state index is -0.503. The van der Waals surface area contributed by atoms with Gasteiger partial charge < -0.3 is 24.8 Å². The summed E-state index contributed by atoms with van der Waals surface area (Å²) < 4.78 is 9.95. The largest absolute Gasteiger partial charge is 0.444 e. The van der Waals surface area contributed by atoms with Gasteiger partial charge in [0.25, 0.3) is 5.56 Å². The Kier molecular flexibility index (Phi) is 5.54. The molecule has 0 saturated carbocycles. The number of aromatic nitrogens is 3. The monoisotopic (exact) mass is 502 g/mol. The lowest BCUT2D eigenvalue weighted by Crippen LogP contribution is -2.50. The smallest absolute Gasteiger partial charge is 0.410 e. The first-order valence-electron chi connectivity index (χ1n) is 13.1. The van der Waals surface area contributed by atoms with Crippen molar-refractivity contribution in [3.8, 4) is 0 Å². The topological polar surface area (TPSA) is 98.1 Å². The number of imidazole rings is 1. The molecule has 1 amide bonds. The van der Waals surface area contributed by atoms with E-state index in [1.54, 1.807) is 4.90 Å². The van der Waals surface area contributed by atoms with E-state index in [9.17, 15) is 9.59 Å². The number of piperazine rings is 1. The van der Waals surface area contributed by atoms with E-state index in [1.807, 2.05) is 26.8 Å². The van der Waals surface area contributed by atoms with Crippen molar-refractivity contribution in [2.24, 2.45) is 5.73 Å². The highest BCUT2D eigenvalue weighted by molar-refractivity contribution is 5.86. The van der Waals surface area contributed by atoms with Gasteiger partial charge in [-0.15, -0.1) is 0 Å². The fourth-order valence-corrected chi connectivity index (χ4v) is 5.81. The predicted octanol–water partition coefficient (Wildman–Crippen LogP) is 3.84. The van der Waals surface area contributed by atoms with Gasteiger partial charge in [-0.3, -0.25) is 9.20 Å². The quantitative estimate of drug-likeness (QED) is 0.535. The number of nitrogens with two attached hydrogens (primary N) is 1. The van der Waals surface area contributed by atoms with Crippen LogP contribution in [0.4, 0.5) is 10.5 Å². The molecular weight excluding hydrogens is 468 g/mol. The van der Waals surface area contributed by atoms with Gasteiger partial charge in [0.15, 0.2) is 0 Å². The minimum Gasteiger partial charge on any atom is -0.444 e. The maximum absolute atomic E-state index is 13.1. The summed E-state index contributed by atoms with van der Waals surface area (Å²) in [5.74, 6) is 0.689. The summed E-state index contributed by atoms with van der Waals surface area (Å²) in [5.41, 5.74) is 10.7. The van der Waals surface area contributed by atoms with E-state index >= 15 is 0 Å². The van der Waals surface area contributed by atoms with E-state index in [1.165, 1.54) is 0 Å². The van der Waals surface area contributed by atoms with Crippen LogP contribution in [-0.4, -0.2) is 56.7 Å². The Morgan fingerprint density at radius 2 is 1.81 bits per heavy atom. The molecule has 0 bridgehead atoms. The van der Waals surface area contributed by atoms with Crippen molar-refractivity contribution in [1.82, 2.24) is 18.9 Å². The van der Waals surface area contributed by atoms with Crippen LogP contribution in [-0.2, 0) is 11.2 Å². The van der Waals surface area contributed by atoms with Crippen molar-refractivity contribution in [1.29, 1.82) is 0 Å². The lowest BCUT2D eigenvalue weighted by molar-refractivity contribution is 0.0240. The Bertz CT molecular complexity index is 1510. The molecule has 0 atom stereocenters. The highest BCUT2D eigenvalue weighted by atomic mass is 16.6. The number of carbonyl (C=O) groups excluding carboxylic acids is 1. The van der Waals surface area contributed by atoms with Gasteiger partial charge in [-0.25, -0.2) is 4.79 Å². The molecule has 3 heterocycles. The van der Waals surface area contributed by atoms with Gasteiger partial charge in [0.2, 0.25) is 5.78 Å². The van der Waals surface area contributed by atoms with Crippen LogP contribution in [0, 0.1) is 0 Å². The number of hydrogen-bond donors (Lipinski definition) is 1. The second kappa shape index (κ2) is 8.68. The Hall–Kier alpha value is -3.75. The molecule has 1 aliphatic heterocycles. The van der Waals surface area contributed by atoms with E-state index in [0.717, 1.165) is 61.2 Å². The third-order valence-electron chi connectivity index (χ3n) is 7.53. The number of rotatable bonds is 2. The Balaban J connectivity index is 1.40. The average Bonchev–Trinajstić information content (AvgIpc) is 3.48. The first kappa shape index (κ1) is 23.6. The zero-order valence-corrected chi connectivity index (χ0v) is 21.7. The fraction of sp³-hybridized carbons (Fsp3) is 0.464. The van der Waals surface area contributed by atoms with E-state index in [2.05, 4.69) is 49.2 Å². The van der Waals surface area contributed by atoms with Crippen LogP contribution in [0.15, 0.2) is 41.2 Å². The highest BCUT2D eigenvalue weighted by Crippen LogP contribution is 2.35. The molecule has 2 aliphatic carbocycles. The van der Waals surface area contributed by atoms with Crippen LogP contribution in [0.25, 0.3) is 22.5 Å². The summed E-state index contributed by atoms with van der Waals surface area (Å²) in [6.45, 7) is 8.33. The third kappa shape index (κ3) is 4.06. The Morgan fingerprint density at radius 3 is 2.51 bits per heavy atom. The molecule has 9 heteroatoms. The van der Waals surface area contributed by atoms with Crippen molar-refractivity contribution in [3.05, 3.63) is 58.0 Å². The zero-order chi connectivity index (χ0) is 25.9. The highest BCUT2D eigenvalue weighted by Gasteiger charge is 2.29. The summed E-state index contributed by atoms with van der Waals surface area (Å²) in [7, 11) is 0. The molecule has 194 valence electrons. The van der Waals surface area contributed by atoms with E-state index < -0.39 is 5.60 Å². The van der Waals surface area contributed by atoms with Gasteiger partial charge in [0, 0.05) is 49.3 Å². The van der Waals surface area contributed by atoms with E-state index in [0.29, 0.717) is 30.1 Å². The van der Waals surface area contributed by atoms with Gasteiger partial charge in [-0.2, -0.15) is 4.98 Å². The first-order valence-corrected chi connectivity index (χ1v) is 13.1. The standard InChI is InChI=1S/C28H34N6O3/c1-28(2,3)37-27(36)32-15-13-31(14-16-32)19-11-12-21-23(17-19)33(18-7-4-5-8-18)26-30-25(35)24-20(29)9-6-10-22(24)34(21)26/h4-5,9,11-12,17-18H,6-8,10,13-16,29H2,1-3H3. The van der Waals surface area contributed by atoms with Crippen molar-refractivity contribution in [3.63, 3.8) is 0 Å². The molecule has 1 fully saturated rings. The summed E-state index contributed by atoms with van der Waals surface area (Å²) in [5, 5.41) is 0.